The zero-order valence-electron chi connectivity index (χ0n) is 14.2. The molecule has 0 aliphatic carbocycles. The summed E-state index contributed by atoms with van der Waals surface area (Å²) in [5, 5.41) is 2.91. The molecule has 2 aromatic carbocycles. The molecule has 0 saturated carbocycles. The van der Waals surface area contributed by atoms with E-state index < -0.39 is 10.0 Å². The number of aryl methyl sites for hydroxylation is 2. The normalized spacial score (nSPS) is 14.0. The van der Waals surface area contributed by atoms with Crippen molar-refractivity contribution in [2.24, 2.45) is 0 Å². The molecular formula is C19H22N2O3S. The van der Waals surface area contributed by atoms with Crippen LogP contribution in [0.2, 0.25) is 0 Å². The molecule has 2 aromatic rings. The Bertz CT molecular complexity index is 863. The number of nitrogens with zero attached hydrogens (tertiary/aromatic N) is 1. The Morgan fingerprint density at radius 3 is 2.64 bits per heavy atom. The third-order valence-corrected chi connectivity index (χ3v) is 5.50. The zero-order valence-corrected chi connectivity index (χ0v) is 15.1. The maximum absolute atomic E-state index is 12.2. The monoisotopic (exact) mass is 358 g/mol. The van der Waals surface area contributed by atoms with E-state index in [4.69, 9.17) is 0 Å². The minimum Gasteiger partial charge on any atom is -0.326 e. The van der Waals surface area contributed by atoms with Crippen LogP contribution in [0.4, 0.5) is 11.4 Å². The van der Waals surface area contributed by atoms with Crippen molar-refractivity contribution < 1.29 is 13.2 Å². The van der Waals surface area contributed by atoms with Gasteiger partial charge in [0, 0.05) is 18.7 Å². The van der Waals surface area contributed by atoms with E-state index >= 15 is 0 Å². The van der Waals surface area contributed by atoms with Gasteiger partial charge in [-0.15, -0.1) is 0 Å². The van der Waals surface area contributed by atoms with Crippen LogP contribution in [-0.4, -0.2) is 27.1 Å². The van der Waals surface area contributed by atoms with Gasteiger partial charge in [-0.1, -0.05) is 30.3 Å². The highest BCUT2D eigenvalue weighted by Crippen LogP contribution is 2.31. The molecule has 0 atom stereocenters. The van der Waals surface area contributed by atoms with Gasteiger partial charge in [-0.05, 0) is 48.6 Å². The lowest BCUT2D eigenvalue weighted by Gasteiger charge is -2.29. The van der Waals surface area contributed by atoms with Crippen LogP contribution in [0.5, 0.6) is 0 Å². The summed E-state index contributed by atoms with van der Waals surface area (Å²) in [5.41, 5.74) is 3.52. The van der Waals surface area contributed by atoms with Crippen molar-refractivity contribution in [2.45, 2.75) is 25.7 Å². The van der Waals surface area contributed by atoms with Gasteiger partial charge < -0.3 is 5.32 Å². The molecule has 132 valence electrons. The first-order valence-electron chi connectivity index (χ1n) is 8.38. The standard InChI is InChI=1S/C19H22N2O3S/c1-25(23,24)21-13-5-8-16-14-17(10-11-18(16)21)20-19(22)12-9-15-6-3-2-4-7-15/h2-4,6-7,10-11,14H,5,8-9,12-13H2,1H3,(H,20,22). The van der Waals surface area contributed by atoms with Crippen LogP contribution in [-0.2, 0) is 27.7 Å². The topological polar surface area (TPSA) is 66.5 Å². The number of carbonyl (C=O) groups excluding carboxylic acids is 1. The van der Waals surface area contributed by atoms with Crippen LogP contribution in [0.25, 0.3) is 0 Å². The average Bonchev–Trinajstić information content (AvgIpc) is 2.59. The van der Waals surface area contributed by atoms with E-state index in [1.165, 1.54) is 10.6 Å². The number of nitrogens with one attached hydrogen (secondary N) is 1. The molecule has 0 spiro atoms. The van der Waals surface area contributed by atoms with Crippen LogP contribution in [0.3, 0.4) is 0 Å². The summed E-state index contributed by atoms with van der Waals surface area (Å²) in [5.74, 6) is -0.0421. The molecule has 1 amide bonds. The molecule has 0 unspecified atom stereocenters. The zero-order chi connectivity index (χ0) is 17.9. The molecule has 5 nitrogen and oxygen atoms in total. The minimum atomic E-state index is -3.27. The second kappa shape index (κ2) is 7.27. The van der Waals surface area contributed by atoms with Gasteiger partial charge in [-0.3, -0.25) is 9.10 Å². The molecule has 1 N–H and O–H groups in total. The number of anilines is 2. The van der Waals surface area contributed by atoms with E-state index in [1.54, 1.807) is 12.1 Å². The minimum absolute atomic E-state index is 0.0421. The molecule has 3 rings (SSSR count). The second-order valence-electron chi connectivity index (χ2n) is 6.32. The summed E-state index contributed by atoms with van der Waals surface area (Å²) in [6, 6.07) is 15.3. The third kappa shape index (κ3) is 4.39. The molecule has 1 heterocycles. The predicted molar refractivity (Wildman–Crippen MR) is 100 cm³/mol. The quantitative estimate of drug-likeness (QED) is 0.893. The lowest BCUT2D eigenvalue weighted by molar-refractivity contribution is -0.116. The van der Waals surface area contributed by atoms with Crippen molar-refractivity contribution in [3.8, 4) is 0 Å². The Balaban J connectivity index is 1.67. The summed E-state index contributed by atoms with van der Waals surface area (Å²) in [7, 11) is -3.27. The Morgan fingerprint density at radius 1 is 1.16 bits per heavy atom. The van der Waals surface area contributed by atoms with Crippen LogP contribution in [0, 0.1) is 0 Å². The molecule has 25 heavy (non-hydrogen) atoms. The largest absolute Gasteiger partial charge is 0.326 e. The number of fused-ring (bicyclic) bond motifs is 1. The van der Waals surface area contributed by atoms with E-state index in [1.807, 2.05) is 36.4 Å². The third-order valence-electron chi connectivity index (χ3n) is 4.32. The van der Waals surface area contributed by atoms with E-state index in [9.17, 15) is 13.2 Å². The first kappa shape index (κ1) is 17.5. The number of sulfonamides is 1. The number of carbonyl (C=O) groups is 1. The smallest absolute Gasteiger partial charge is 0.232 e. The molecule has 6 heteroatoms. The van der Waals surface area contributed by atoms with Gasteiger partial charge in [0.1, 0.15) is 0 Å². The van der Waals surface area contributed by atoms with E-state index in [0.717, 1.165) is 29.7 Å². The molecular weight excluding hydrogens is 336 g/mol. The molecule has 0 bridgehead atoms. The highest BCUT2D eigenvalue weighted by atomic mass is 32.2. The highest BCUT2D eigenvalue weighted by molar-refractivity contribution is 7.92. The predicted octanol–water partition coefficient (Wildman–Crippen LogP) is 2.97. The first-order valence-corrected chi connectivity index (χ1v) is 10.2. The van der Waals surface area contributed by atoms with Crippen molar-refractivity contribution in [2.75, 3.05) is 22.4 Å². The second-order valence-corrected chi connectivity index (χ2v) is 8.22. The number of amides is 1. The van der Waals surface area contributed by atoms with Gasteiger partial charge in [-0.25, -0.2) is 8.42 Å². The van der Waals surface area contributed by atoms with Gasteiger partial charge in [0.25, 0.3) is 0 Å². The van der Waals surface area contributed by atoms with Gasteiger partial charge in [0.15, 0.2) is 0 Å². The molecule has 0 radical (unpaired) electrons. The van der Waals surface area contributed by atoms with Gasteiger partial charge in [0.05, 0.1) is 11.9 Å². The SMILES string of the molecule is CS(=O)(=O)N1CCCc2cc(NC(=O)CCc3ccccc3)ccc21. The summed E-state index contributed by atoms with van der Waals surface area (Å²) in [6.45, 7) is 0.509. The Labute approximate surface area is 148 Å². The number of benzene rings is 2. The number of hydrogen-bond acceptors (Lipinski definition) is 3. The van der Waals surface area contributed by atoms with Gasteiger partial charge in [0.2, 0.25) is 15.9 Å². The van der Waals surface area contributed by atoms with Crippen molar-refractivity contribution in [3.05, 3.63) is 59.7 Å². The maximum Gasteiger partial charge on any atom is 0.232 e. The first-order chi connectivity index (χ1) is 11.9. The molecule has 1 aliphatic heterocycles. The highest BCUT2D eigenvalue weighted by Gasteiger charge is 2.24. The molecule has 0 saturated heterocycles. The summed E-state index contributed by atoms with van der Waals surface area (Å²) in [4.78, 5) is 12.2. The summed E-state index contributed by atoms with van der Waals surface area (Å²) in [6.07, 6.45) is 3.93. The maximum atomic E-state index is 12.2. The Morgan fingerprint density at radius 2 is 1.92 bits per heavy atom. The van der Waals surface area contributed by atoms with Crippen LogP contribution in [0.15, 0.2) is 48.5 Å². The fourth-order valence-corrected chi connectivity index (χ4v) is 4.11. The fourth-order valence-electron chi connectivity index (χ4n) is 3.11. The fraction of sp³-hybridized carbons (Fsp3) is 0.316. The summed E-state index contributed by atoms with van der Waals surface area (Å²) >= 11 is 0. The van der Waals surface area contributed by atoms with Crippen molar-refractivity contribution >= 4 is 27.3 Å². The molecule has 1 aliphatic rings. The van der Waals surface area contributed by atoms with E-state index in [0.29, 0.717) is 25.1 Å². The molecule has 0 aromatic heterocycles. The molecule has 0 fully saturated rings. The van der Waals surface area contributed by atoms with Crippen LogP contribution in [0.1, 0.15) is 24.0 Å². The van der Waals surface area contributed by atoms with Gasteiger partial charge >= 0.3 is 0 Å². The number of hydrogen-bond donors (Lipinski definition) is 1. The number of rotatable bonds is 5. The van der Waals surface area contributed by atoms with Crippen molar-refractivity contribution in [3.63, 3.8) is 0 Å². The Hall–Kier alpha value is -2.34. The van der Waals surface area contributed by atoms with Crippen molar-refractivity contribution in [1.82, 2.24) is 0 Å². The van der Waals surface area contributed by atoms with Gasteiger partial charge in [-0.2, -0.15) is 0 Å². The van der Waals surface area contributed by atoms with E-state index in [-0.39, 0.29) is 5.91 Å². The lowest BCUT2D eigenvalue weighted by Crippen LogP contribution is -2.34. The average molecular weight is 358 g/mol. The van der Waals surface area contributed by atoms with E-state index in [2.05, 4.69) is 5.32 Å². The van der Waals surface area contributed by atoms with Crippen LogP contribution < -0.4 is 9.62 Å². The lowest BCUT2D eigenvalue weighted by atomic mass is 10.0. The summed E-state index contributed by atoms with van der Waals surface area (Å²) < 4.78 is 25.2. The van der Waals surface area contributed by atoms with Crippen LogP contribution >= 0.6 is 0 Å². The van der Waals surface area contributed by atoms with Crippen molar-refractivity contribution in [1.29, 1.82) is 0 Å². The Kier molecular flexibility index (Phi) is 5.08.